The van der Waals surface area contributed by atoms with Gasteiger partial charge in [-0.05, 0) is 53.5 Å². The van der Waals surface area contributed by atoms with Gasteiger partial charge in [-0.15, -0.1) is 0 Å². The van der Waals surface area contributed by atoms with Gasteiger partial charge in [0.1, 0.15) is 17.7 Å². The average Bonchev–Trinajstić information content (AvgIpc) is 2.78. The highest BCUT2D eigenvalue weighted by Gasteiger charge is 2.36. The normalized spacial score (nSPS) is 12.8. The van der Waals surface area contributed by atoms with Gasteiger partial charge < -0.3 is 30.1 Å². The summed E-state index contributed by atoms with van der Waals surface area (Å²) in [4.78, 5) is 52.7. The quantitative estimate of drug-likeness (QED) is 0.340. The van der Waals surface area contributed by atoms with Crippen molar-refractivity contribution in [3.05, 3.63) is 34.9 Å². The number of carbonyl (C=O) groups is 4. The Morgan fingerprint density at radius 2 is 1.68 bits per heavy atom. The third kappa shape index (κ3) is 11.2. The molecule has 0 spiro atoms. The van der Waals surface area contributed by atoms with Gasteiger partial charge in [0.2, 0.25) is 11.8 Å². The fourth-order valence-electron chi connectivity index (χ4n) is 3.79. The highest BCUT2D eigenvalue weighted by Crippen LogP contribution is 2.25. The second-order valence-electron chi connectivity index (χ2n) is 9.94. The van der Waals surface area contributed by atoms with Crippen LogP contribution in [-0.4, -0.2) is 71.8 Å². The molecular weight excluding hydrogens is 478 g/mol. The summed E-state index contributed by atoms with van der Waals surface area (Å²) in [6.45, 7) is 12.3. The Kier molecular flexibility index (Phi) is 13.1. The molecule has 0 aliphatic carbocycles. The fraction of sp³-hybridized carbons (Fsp3) is 0.630. The minimum absolute atomic E-state index is 0.0124. The van der Waals surface area contributed by atoms with Crippen LogP contribution in [0.2, 0.25) is 0 Å². The predicted molar refractivity (Wildman–Crippen MR) is 140 cm³/mol. The molecular formula is C27H43N3O7. The molecule has 1 rings (SSSR count). The van der Waals surface area contributed by atoms with Gasteiger partial charge in [0, 0.05) is 13.1 Å². The van der Waals surface area contributed by atoms with Crippen molar-refractivity contribution >= 4 is 23.9 Å². The lowest BCUT2D eigenvalue weighted by molar-refractivity contribution is -0.144. The van der Waals surface area contributed by atoms with Gasteiger partial charge in [0.25, 0.3) is 0 Å². The molecule has 0 fully saturated rings. The molecule has 0 bridgehead atoms. The third-order valence-electron chi connectivity index (χ3n) is 5.26. The maximum Gasteiger partial charge on any atom is 0.408 e. The molecule has 0 saturated carbocycles. The summed E-state index contributed by atoms with van der Waals surface area (Å²) in [5, 5.41) is 15.1. The Balaban J connectivity index is 3.36. The van der Waals surface area contributed by atoms with Gasteiger partial charge in [-0.1, -0.05) is 42.7 Å². The standard InChI is InChI=1S/C27H43N3O7/c1-8-10-13-30(25(34)21(17-31)29-26(35)37-27(5,6)7)23(20-15-18(3)14-19(4)16-20)24(33)28-12-11-22(32)36-9-2/h14-16,21,23,31H,8-13,17H2,1-7H3,(H,28,33)(H,29,35). The average molecular weight is 522 g/mol. The van der Waals surface area contributed by atoms with Gasteiger partial charge in [0.05, 0.1) is 19.6 Å². The van der Waals surface area contributed by atoms with E-state index in [-0.39, 0.29) is 26.1 Å². The number of alkyl carbamates (subject to hydrolysis) is 1. The molecule has 1 aromatic carbocycles. The lowest BCUT2D eigenvalue weighted by atomic mass is 9.98. The molecule has 0 aliphatic rings. The molecule has 3 N–H and O–H groups in total. The van der Waals surface area contributed by atoms with E-state index in [9.17, 15) is 24.3 Å². The molecule has 10 heteroatoms. The molecule has 0 radical (unpaired) electrons. The summed E-state index contributed by atoms with van der Waals surface area (Å²) in [6, 6.07) is 3.24. The van der Waals surface area contributed by atoms with Crippen molar-refractivity contribution in [2.45, 2.75) is 85.4 Å². The van der Waals surface area contributed by atoms with Crippen LogP contribution < -0.4 is 10.6 Å². The van der Waals surface area contributed by atoms with Crippen LogP contribution >= 0.6 is 0 Å². The van der Waals surface area contributed by atoms with E-state index < -0.39 is 48.2 Å². The summed E-state index contributed by atoms with van der Waals surface area (Å²) in [5.41, 5.74) is 1.61. The first kappa shape index (κ1) is 31.9. The summed E-state index contributed by atoms with van der Waals surface area (Å²) in [7, 11) is 0. The van der Waals surface area contributed by atoms with E-state index in [1.807, 2.05) is 39.0 Å². The van der Waals surface area contributed by atoms with Crippen LogP contribution in [0.4, 0.5) is 4.79 Å². The first-order valence-electron chi connectivity index (χ1n) is 12.7. The number of carbonyl (C=O) groups excluding carboxylic acids is 4. The van der Waals surface area contributed by atoms with E-state index in [4.69, 9.17) is 9.47 Å². The van der Waals surface area contributed by atoms with Crippen molar-refractivity contribution in [2.24, 2.45) is 0 Å². The molecule has 10 nitrogen and oxygen atoms in total. The molecule has 2 atom stereocenters. The molecule has 0 aromatic heterocycles. The number of unbranched alkanes of at least 4 members (excludes halogenated alkanes) is 1. The maximum atomic E-state index is 13.7. The first-order valence-corrected chi connectivity index (χ1v) is 12.7. The SMILES string of the molecule is CCCCN(C(=O)C(CO)NC(=O)OC(C)(C)C)C(C(=O)NCCC(=O)OCC)c1cc(C)cc(C)c1. The van der Waals surface area contributed by atoms with Crippen LogP contribution in [0.25, 0.3) is 0 Å². The van der Waals surface area contributed by atoms with Crippen LogP contribution in [0.15, 0.2) is 18.2 Å². The summed E-state index contributed by atoms with van der Waals surface area (Å²) < 4.78 is 10.2. The Hall–Kier alpha value is -3.14. The number of nitrogens with zero attached hydrogens (tertiary/aromatic N) is 1. The molecule has 0 heterocycles. The molecule has 0 aliphatic heterocycles. The minimum Gasteiger partial charge on any atom is -0.466 e. The molecule has 37 heavy (non-hydrogen) atoms. The number of nitrogens with one attached hydrogen (secondary N) is 2. The molecule has 3 amide bonds. The Bertz CT molecular complexity index is 907. The molecule has 208 valence electrons. The van der Waals surface area contributed by atoms with Gasteiger partial charge >= 0.3 is 12.1 Å². The van der Waals surface area contributed by atoms with Crippen LogP contribution in [0.1, 0.15) is 76.6 Å². The van der Waals surface area contributed by atoms with Crippen LogP contribution in [0.5, 0.6) is 0 Å². The molecule has 2 unspecified atom stereocenters. The largest absolute Gasteiger partial charge is 0.466 e. The number of rotatable bonds is 13. The lowest BCUT2D eigenvalue weighted by Crippen LogP contribution is -2.54. The summed E-state index contributed by atoms with van der Waals surface area (Å²) in [5.74, 6) is -1.54. The van der Waals surface area contributed by atoms with Crippen molar-refractivity contribution < 1.29 is 33.8 Å². The third-order valence-corrected chi connectivity index (χ3v) is 5.26. The monoisotopic (exact) mass is 521 g/mol. The second kappa shape index (κ2) is 15.2. The second-order valence-corrected chi connectivity index (χ2v) is 9.94. The number of hydrogen-bond acceptors (Lipinski definition) is 7. The van der Waals surface area contributed by atoms with Crippen molar-refractivity contribution in [1.82, 2.24) is 15.5 Å². The zero-order valence-corrected chi connectivity index (χ0v) is 23.2. The first-order chi connectivity index (χ1) is 17.3. The smallest absolute Gasteiger partial charge is 0.408 e. The topological polar surface area (TPSA) is 134 Å². The minimum atomic E-state index is -1.31. The van der Waals surface area contributed by atoms with E-state index in [1.165, 1.54) is 4.90 Å². The zero-order valence-electron chi connectivity index (χ0n) is 23.2. The number of hydrogen-bond donors (Lipinski definition) is 3. The Morgan fingerprint density at radius 1 is 1.05 bits per heavy atom. The van der Waals surface area contributed by atoms with E-state index in [0.717, 1.165) is 17.5 Å². The number of benzene rings is 1. The Labute approximate surface area is 220 Å². The van der Waals surface area contributed by atoms with Gasteiger partial charge in [-0.3, -0.25) is 14.4 Å². The van der Waals surface area contributed by atoms with E-state index in [0.29, 0.717) is 12.0 Å². The van der Waals surface area contributed by atoms with Crippen molar-refractivity contribution in [3.63, 3.8) is 0 Å². The van der Waals surface area contributed by atoms with Crippen molar-refractivity contribution in [1.29, 1.82) is 0 Å². The van der Waals surface area contributed by atoms with E-state index in [1.54, 1.807) is 27.7 Å². The maximum absolute atomic E-state index is 13.7. The van der Waals surface area contributed by atoms with E-state index in [2.05, 4.69) is 10.6 Å². The predicted octanol–water partition coefficient (Wildman–Crippen LogP) is 2.93. The van der Waals surface area contributed by atoms with Crippen LogP contribution in [-0.2, 0) is 23.9 Å². The zero-order chi connectivity index (χ0) is 28.2. The number of aliphatic hydroxyl groups is 1. The summed E-state index contributed by atoms with van der Waals surface area (Å²) in [6.07, 6.45) is 0.476. The number of amides is 3. The highest BCUT2D eigenvalue weighted by molar-refractivity contribution is 5.92. The Morgan fingerprint density at radius 3 is 2.19 bits per heavy atom. The highest BCUT2D eigenvalue weighted by atomic mass is 16.6. The van der Waals surface area contributed by atoms with Gasteiger partial charge in [-0.2, -0.15) is 0 Å². The van der Waals surface area contributed by atoms with Crippen molar-refractivity contribution in [2.75, 3.05) is 26.3 Å². The van der Waals surface area contributed by atoms with Crippen molar-refractivity contribution in [3.8, 4) is 0 Å². The number of ether oxygens (including phenoxy) is 2. The number of aliphatic hydroxyl groups excluding tert-OH is 1. The van der Waals surface area contributed by atoms with Crippen LogP contribution in [0, 0.1) is 13.8 Å². The number of aryl methyl sites for hydroxylation is 2. The lowest BCUT2D eigenvalue weighted by Gasteiger charge is -2.34. The number of esters is 1. The van der Waals surface area contributed by atoms with Gasteiger partial charge in [0.15, 0.2) is 0 Å². The fourth-order valence-corrected chi connectivity index (χ4v) is 3.79. The molecule has 1 aromatic rings. The summed E-state index contributed by atoms with van der Waals surface area (Å²) >= 11 is 0. The van der Waals surface area contributed by atoms with Gasteiger partial charge in [-0.25, -0.2) is 4.79 Å². The molecule has 0 saturated heterocycles. The van der Waals surface area contributed by atoms with Crippen LogP contribution in [0.3, 0.4) is 0 Å². The van der Waals surface area contributed by atoms with E-state index >= 15 is 0 Å².